The van der Waals surface area contributed by atoms with E-state index in [1.165, 1.54) is 0 Å². The molecule has 0 bridgehead atoms. The molecule has 0 N–H and O–H groups in total. The molecule has 3 nitrogen and oxygen atoms in total. The Morgan fingerprint density at radius 3 is 2.44 bits per heavy atom. The fraction of sp³-hybridized carbons (Fsp3) is 0.333. The fourth-order valence-corrected chi connectivity index (χ4v) is 1.27. The molecule has 0 spiro atoms. The molecule has 4 heteroatoms. The van der Waals surface area contributed by atoms with Crippen LogP contribution < -0.4 is 0 Å². The maximum absolute atomic E-state index is 11.5. The van der Waals surface area contributed by atoms with Gasteiger partial charge < -0.3 is 4.74 Å². The van der Waals surface area contributed by atoms with Gasteiger partial charge in [-0.1, -0.05) is 18.5 Å². The summed E-state index contributed by atoms with van der Waals surface area (Å²) >= 11 is 5.69. The molecule has 0 atom stereocenters. The van der Waals surface area contributed by atoms with Crippen molar-refractivity contribution in [3.8, 4) is 0 Å². The molecule has 0 amide bonds. The lowest BCUT2D eigenvalue weighted by Crippen LogP contribution is -2.13. The van der Waals surface area contributed by atoms with Gasteiger partial charge >= 0.3 is 5.97 Å². The van der Waals surface area contributed by atoms with Crippen LogP contribution in [-0.2, 0) is 9.53 Å². The van der Waals surface area contributed by atoms with Gasteiger partial charge in [-0.2, -0.15) is 0 Å². The minimum atomic E-state index is -0.343. The fourth-order valence-electron chi connectivity index (χ4n) is 1.14. The number of ketones is 1. The maximum Gasteiger partial charge on any atom is 0.306 e. The summed E-state index contributed by atoms with van der Waals surface area (Å²) in [5.41, 5.74) is 0.494. The second-order valence-corrected chi connectivity index (χ2v) is 3.78. The first-order valence-corrected chi connectivity index (χ1v) is 5.45. The molecule has 0 aliphatic heterocycles. The Morgan fingerprint density at radius 1 is 1.25 bits per heavy atom. The zero-order valence-electron chi connectivity index (χ0n) is 9.03. The van der Waals surface area contributed by atoms with E-state index in [9.17, 15) is 9.59 Å². The standard InChI is InChI=1S/C12H13ClO3/c1-2-3-12(15)16-8-11(14)9-4-6-10(13)7-5-9/h4-7H,2-3,8H2,1H3. The third kappa shape index (κ3) is 4.03. The van der Waals surface area contributed by atoms with E-state index in [1.54, 1.807) is 24.3 Å². The van der Waals surface area contributed by atoms with Crippen molar-refractivity contribution in [3.63, 3.8) is 0 Å². The summed E-state index contributed by atoms with van der Waals surface area (Å²) in [4.78, 5) is 22.6. The number of esters is 1. The summed E-state index contributed by atoms with van der Waals surface area (Å²) in [6.45, 7) is 1.67. The van der Waals surface area contributed by atoms with Crippen LogP contribution in [0.3, 0.4) is 0 Å². The molecule has 0 heterocycles. The van der Waals surface area contributed by atoms with Gasteiger partial charge in [0.2, 0.25) is 0 Å². The van der Waals surface area contributed by atoms with E-state index in [-0.39, 0.29) is 18.4 Å². The zero-order chi connectivity index (χ0) is 12.0. The molecule has 1 rings (SSSR count). The number of Topliss-reactive ketones (excluding diaryl/α,β-unsaturated/α-hetero) is 1. The lowest BCUT2D eigenvalue weighted by molar-refractivity contribution is -0.142. The van der Waals surface area contributed by atoms with Crippen LogP contribution in [0.15, 0.2) is 24.3 Å². The minimum absolute atomic E-state index is 0.208. The van der Waals surface area contributed by atoms with Crippen LogP contribution in [0.4, 0.5) is 0 Å². The number of rotatable bonds is 5. The number of carbonyl (C=O) groups is 2. The number of carbonyl (C=O) groups excluding carboxylic acids is 2. The monoisotopic (exact) mass is 240 g/mol. The summed E-state index contributed by atoms with van der Waals surface area (Å²) in [5.74, 6) is -0.564. The summed E-state index contributed by atoms with van der Waals surface area (Å²) in [7, 11) is 0. The summed E-state index contributed by atoms with van der Waals surface area (Å²) in [5, 5.41) is 0.569. The Balaban J connectivity index is 2.47. The number of ether oxygens (including phenoxy) is 1. The van der Waals surface area contributed by atoms with Gasteiger partial charge in [-0.25, -0.2) is 0 Å². The quantitative estimate of drug-likeness (QED) is 0.587. The van der Waals surface area contributed by atoms with Crippen molar-refractivity contribution in [3.05, 3.63) is 34.9 Å². The smallest absolute Gasteiger partial charge is 0.306 e. The highest BCUT2D eigenvalue weighted by Gasteiger charge is 2.08. The Hall–Kier alpha value is -1.35. The van der Waals surface area contributed by atoms with Crippen LogP contribution >= 0.6 is 11.6 Å². The number of hydrogen-bond acceptors (Lipinski definition) is 3. The predicted octanol–water partition coefficient (Wildman–Crippen LogP) is 2.87. The Morgan fingerprint density at radius 2 is 1.88 bits per heavy atom. The van der Waals surface area contributed by atoms with Gasteiger partial charge in [0.1, 0.15) is 0 Å². The van der Waals surface area contributed by atoms with Gasteiger partial charge in [0, 0.05) is 17.0 Å². The van der Waals surface area contributed by atoms with Crippen molar-refractivity contribution in [2.75, 3.05) is 6.61 Å². The van der Waals surface area contributed by atoms with Gasteiger partial charge in [-0.3, -0.25) is 9.59 Å². The van der Waals surface area contributed by atoms with Crippen LogP contribution in [0.2, 0.25) is 5.02 Å². The zero-order valence-corrected chi connectivity index (χ0v) is 9.79. The number of halogens is 1. The first-order chi connectivity index (χ1) is 7.63. The van der Waals surface area contributed by atoms with E-state index >= 15 is 0 Å². The van der Waals surface area contributed by atoms with Crippen molar-refractivity contribution >= 4 is 23.4 Å². The molecule has 0 fully saturated rings. The molecule has 0 saturated carbocycles. The van der Waals surface area contributed by atoms with Gasteiger partial charge in [0.25, 0.3) is 0 Å². The van der Waals surface area contributed by atoms with Gasteiger partial charge in [0.15, 0.2) is 12.4 Å². The maximum atomic E-state index is 11.5. The molecular weight excluding hydrogens is 228 g/mol. The second-order valence-electron chi connectivity index (χ2n) is 3.34. The highest BCUT2D eigenvalue weighted by atomic mass is 35.5. The Labute approximate surface area is 99.4 Å². The molecule has 0 aliphatic rings. The third-order valence-electron chi connectivity index (χ3n) is 1.98. The summed E-state index contributed by atoms with van der Waals surface area (Å²) in [6, 6.07) is 6.47. The highest BCUT2D eigenvalue weighted by molar-refractivity contribution is 6.30. The van der Waals surface area contributed by atoms with Crippen LogP contribution in [0.1, 0.15) is 30.1 Å². The first-order valence-electron chi connectivity index (χ1n) is 5.08. The molecule has 0 radical (unpaired) electrons. The molecule has 86 valence electrons. The first kappa shape index (κ1) is 12.7. The number of benzene rings is 1. The Kier molecular flexibility index (Phi) is 4.99. The summed E-state index contributed by atoms with van der Waals surface area (Å²) in [6.07, 6.45) is 1.06. The lowest BCUT2D eigenvalue weighted by atomic mass is 10.1. The van der Waals surface area contributed by atoms with Gasteiger partial charge in [-0.15, -0.1) is 0 Å². The van der Waals surface area contributed by atoms with Crippen molar-refractivity contribution in [1.29, 1.82) is 0 Å². The van der Waals surface area contributed by atoms with Crippen molar-refractivity contribution in [1.82, 2.24) is 0 Å². The van der Waals surface area contributed by atoms with Gasteiger partial charge in [0.05, 0.1) is 0 Å². The van der Waals surface area contributed by atoms with Gasteiger partial charge in [-0.05, 0) is 30.7 Å². The van der Waals surface area contributed by atoms with Crippen molar-refractivity contribution in [2.45, 2.75) is 19.8 Å². The van der Waals surface area contributed by atoms with E-state index in [0.717, 1.165) is 0 Å². The van der Waals surface area contributed by atoms with E-state index in [2.05, 4.69) is 0 Å². The van der Waals surface area contributed by atoms with E-state index in [0.29, 0.717) is 23.4 Å². The topological polar surface area (TPSA) is 43.4 Å². The molecule has 0 unspecified atom stereocenters. The molecule has 16 heavy (non-hydrogen) atoms. The minimum Gasteiger partial charge on any atom is -0.457 e. The van der Waals surface area contributed by atoms with Crippen molar-refractivity contribution < 1.29 is 14.3 Å². The second kappa shape index (κ2) is 6.28. The van der Waals surface area contributed by atoms with Crippen molar-refractivity contribution in [2.24, 2.45) is 0 Å². The van der Waals surface area contributed by atoms with Crippen LogP contribution in [0, 0.1) is 0 Å². The molecule has 1 aromatic carbocycles. The van der Waals surface area contributed by atoms with Crippen LogP contribution in [0.25, 0.3) is 0 Å². The lowest BCUT2D eigenvalue weighted by Gasteiger charge is -2.03. The average Bonchev–Trinajstić information content (AvgIpc) is 2.27. The van der Waals surface area contributed by atoms with E-state index in [1.807, 2.05) is 6.92 Å². The highest BCUT2D eigenvalue weighted by Crippen LogP contribution is 2.10. The third-order valence-corrected chi connectivity index (χ3v) is 2.24. The predicted molar refractivity (Wildman–Crippen MR) is 61.6 cm³/mol. The summed E-state index contributed by atoms with van der Waals surface area (Å²) < 4.78 is 4.81. The molecule has 1 aromatic rings. The molecule has 0 saturated heterocycles. The SMILES string of the molecule is CCCC(=O)OCC(=O)c1ccc(Cl)cc1. The average molecular weight is 241 g/mol. The molecule has 0 aromatic heterocycles. The molecule has 0 aliphatic carbocycles. The Bertz CT molecular complexity index is 370. The van der Waals surface area contributed by atoms with E-state index in [4.69, 9.17) is 16.3 Å². The normalized spacial score (nSPS) is 9.88. The van der Waals surface area contributed by atoms with Crippen LogP contribution in [-0.4, -0.2) is 18.4 Å². The molecular formula is C12H13ClO3. The largest absolute Gasteiger partial charge is 0.457 e. The number of hydrogen-bond donors (Lipinski definition) is 0. The van der Waals surface area contributed by atoms with E-state index < -0.39 is 0 Å². The van der Waals surface area contributed by atoms with Crippen LogP contribution in [0.5, 0.6) is 0 Å².